The Morgan fingerprint density at radius 3 is 2.54 bits per heavy atom. The number of carboxylic acid groups (broad SMARTS) is 1. The van der Waals surface area contributed by atoms with Gasteiger partial charge in [-0.15, -0.1) is 11.3 Å². The molecule has 138 valence electrons. The molecule has 0 spiro atoms. The second kappa shape index (κ2) is 7.70. The summed E-state index contributed by atoms with van der Waals surface area (Å²) in [6, 6.07) is 21.3. The maximum atomic E-state index is 11.9. The van der Waals surface area contributed by atoms with Gasteiger partial charge < -0.3 is 5.11 Å². The van der Waals surface area contributed by atoms with Crippen LogP contribution in [0.25, 0.3) is 33.0 Å². The molecule has 0 fully saturated rings. The molecule has 1 aromatic heterocycles. The van der Waals surface area contributed by atoms with Crippen molar-refractivity contribution in [1.82, 2.24) is 4.98 Å². The largest absolute Gasteiger partial charge is 0.478 e. The van der Waals surface area contributed by atoms with Crippen molar-refractivity contribution in [3.63, 3.8) is 0 Å². The van der Waals surface area contributed by atoms with E-state index >= 15 is 0 Å². The van der Waals surface area contributed by atoms with E-state index in [-0.39, 0.29) is 5.56 Å². The molecule has 1 N–H and O–H groups in total. The van der Waals surface area contributed by atoms with E-state index in [1.807, 2.05) is 73.0 Å². The Kier molecular flexibility index (Phi) is 5.11. The number of hydrogen-bond donors (Lipinski definition) is 1. The van der Waals surface area contributed by atoms with Crippen molar-refractivity contribution in [2.24, 2.45) is 0 Å². The molecule has 1 heterocycles. The number of carboxylic acids is 1. The monoisotopic (exact) mass is 449 g/mol. The van der Waals surface area contributed by atoms with Crippen LogP contribution in [0.1, 0.15) is 15.9 Å². The molecule has 5 heteroatoms. The van der Waals surface area contributed by atoms with Crippen molar-refractivity contribution in [3.05, 3.63) is 87.7 Å². The number of thiazole rings is 1. The Labute approximate surface area is 175 Å². The molecule has 0 bridgehead atoms. The van der Waals surface area contributed by atoms with Crippen LogP contribution in [-0.4, -0.2) is 16.1 Å². The fourth-order valence-corrected chi connectivity index (χ4v) is 4.38. The fourth-order valence-electron chi connectivity index (χ4n) is 3.15. The molecule has 4 rings (SSSR count). The number of rotatable bonds is 4. The van der Waals surface area contributed by atoms with E-state index in [2.05, 4.69) is 15.9 Å². The Balaban J connectivity index is 1.77. The molecular formula is C23H16BrNO2S. The molecule has 4 aromatic rings. The van der Waals surface area contributed by atoms with E-state index in [4.69, 9.17) is 4.98 Å². The minimum absolute atomic E-state index is 0.283. The standard InChI is InChI=1S/C23H16BrNO2S/c1-14-5-2-3-8-18(14)19-10-9-16(12-20(19)23(26)27)22-25-21(13-28-22)15-6-4-7-17(24)11-15/h2-13H,1H3,(H,26,27). The van der Waals surface area contributed by atoms with Gasteiger partial charge in [0.1, 0.15) is 5.01 Å². The summed E-state index contributed by atoms with van der Waals surface area (Å²) in [4.78, 5) is 16.6. The van der Waals surface area contributed by atoms with Crippen molar-refractivity contribution in [1.29, 1.82) is 0 Å². The molecule has 28 heavy (non-hydrogen) atoms. The lowest BCUT2D eigenvalue weighted by molar-refractivity contribution is 0.0698. The normalized spacial score (nSPS) is 10.8. The molecule has 0 unspecified atom stereocenters. The van der Waals surface area contributed by atoms with Gasteiger partial charge in [0.25, 0.3) is 0 Å². The molecule has 3 nitrogen and oxygen atoms in total. The van der Waals surface area contributed by atoms with Crippen molar-refractivity contribution in [2.45, 2.75) is 6.92 Å². The Bertz CT molecular complexity index is 1180. The number of halogens is 1. The van der Waals surface area contributed by atoms with Gasteiger partial charge in [0.2, 0.25) is 0 Å². The second-order valence-corrected chi connectivity index (χ2v) is 8.20. The lowest BCUT2D eigenvalue weighted by atomic mass is 9.94. The van der Waals surface area contributed by atoms with Crippen LogP contribution in [0.2, 0.25) is 0 Å². The fraction of sp³-hybridized carbons (Fsp3) is 0.0435. The molecule has 0 radical (unpaired) electrons. The van der Waals surface area contributed by atoms with Gasteiger partial charge in [-0.05, 0) is 41.8 Å². The highest BCUT2D eigenvalue weighted by atomic mass is 79.9. The molecule has 3 aromatic carbocycles. The van der Waals surface area contributed by atoms with Crippen LogP contribution in [-0.2, 0) is 0 Å². The van der Waals surface area contributed by atoms with E-state index in [0.717, 1.165) is 43.0 Å². The third kappa shape index (κ3) is 3.63. The van der Waals surface area contributed by atoms with E-state index in [1.165, 1.54) is 11.3 Å². The zero-order chi connectivity index (χ0) is 19.7. The molecular weight excluding hydrogens is 434 g/mol. The molecule has 0 saturated carbocycles. The average molecular weight is 450 g/mol. The number of aromatic carboxylic acids is 1. The molecule has 0 amide bonds. The van der Waals surface area contributed by atoms with E-state index < -0.39 is 5.97 Å². The van der Waals surface area contributed by atoms with Crippen LogP contribution in [0.3, 0.4) is 0 Å². The SMILES string of the molecule is Cc1ccccc1-c1ccc(-c2nc(-c3cccc(Br)c3)cs2)cc1C(=O)O. The number of aromatic nitrogens is 1. The maximum Gasteiger partial charge on any atom is 0.336 e. The van der Waals surface area contributed by atoms with Crippen molar-refractivity contribution in [3.8, 4) is 33.0 Å². The average Bonchev–Trinajstić information content (AvgIpc) is 3.18. The number of carbonyl (C=O) groups is 1. The first kappa shape index (κ1) is 18.6. The van der Waals surface area contributed by atoms with Crippen LogP contribution < -0.4 is 0 Å². The van der Waals surface area contributed by atoms with Gasteiger partial charge in [-0.1, -0.05) is 64.5 Å². The third-order valence-corrected chi connectivity index (χ3v) is 5.94. The summed E-state index contributed by atoms with van der Waals surface area (Å²) in [6.45, 7) is 1.99. The van der Waals surface area contributed by atoms with Gasteiger partial charge in [0.15, 0.2) is 0 Å². The highest BCUT2D eigenvalue weighted by molar-refractivity contribution is 9.10. The van der Waals surface area contributed by atoms with Gasteiger partial charge in [-0.25, -0.2) is 9.78 Å². The first-order valence-corrected chi connectivity index (χ1v) is 10.4. The summed E-state index contributed by atoms with van der Waals surface area (Å²) in [5, 5.41) is 12.6. The predicted octanol–water partition coefficient (Wildman–Crippen LogP) is 6.91. The number of hydrogen-bond acceptors (Lipinski definition) is 3. The number of benzene rings is 3. The Hall–Kier alpha value is -2.76. The zero-order valence-corrected chi connectivity index (χ0v) is 17.4. The first-order valence-electron chi connectivity index (χ1n) is 8.68. The lowest BCUT2D eigenvalue weighted by Crippen LogP contribution is -2.01. The van der Waals surface area contributed by atoms with Crippen molar-refractivity contribution in [2.75, 3.05) is 0 Å². The lowest BCUT2D eigenvalue weighted by Gasteiger charge is -2.10. The van der Waals surface area contributed by atoms with Gasteiger partial charge >= 0.3 is 5.97 Å². The Morgan fingerprint density at radius 2 is 1.79 bits per heavy atom. The van der Waals surface area contributed by atoms with Gasteiger partial charge in [0.05, 0.1) is 11.3 Å². The Morgan fingerprint density at radius 1 is 0.964 bits per heavy atom. The molecule has 0 aliphatic heterocycles. The van der Waals surface area contributed by atoms with Gasteiger partial charge in [-0.2, -0.15) is 0 Å². The summed E-state index contributed by atoms with van der Waals surface area (Å²) in [5.41, 5.74) is 5.68. The molecule has 0 saturated heterocycles. The highest BCUT2D eigenvalue weighted by Crippen LogP contribution is 2.34. The van der Waals surface area contributed by atoms with Gasteiger partial charge in [0, 0.05) is 21.0 Å². The quantitative estimate of drug-likeness (QED) is 0.368. The summed E-state index contributed by atoms with van der Waals surface area (Å²) in [6.07, 6.45) is 0. The van der Waals surface area contributed by atoms with Crippen LogP contribution in [0.15, 0.2) is 76.6 Å². The van der Waals surface area contributed by atoms with E-state index in [9.17, 15) is 9.90 Å². The van der Waals surface area contributed by atoms with Crippen LogP contribution >= 0.6 is 27.3 Å². The molecule has 0 atom stereocenters. The first-order chi connectivity index (χ1) is 13.5. The summed E-state index contributed by atoms with van der Waals surface area (Å²) < 4.78 is 0.996. The molecule has 0 aliphatic carbocycles. The minimum atomic E-state index is -0.941. The smallest absolute Gasteiger partial charge is 0.336 e. The second-order valence-electron chi connectivity index (χ2n) is 6.43. The predicted molar refractivity (Wildman–Crippen MR) is 118 cm³/mol. The highest BCUT2D eigenvalue weighted by Gasteiger charge is 2.16. The topological polar surface area (TPSA) is 50.2 Å². The maximum absolute atomic E-state index is 11.9. The number of nitrogens with zero attached hydrogens (tertiary/aromatic N) is 1. The van der Waals surface area contributed by atoms with Crippen LogP contribution in [0.4, 0.5) is 0 Å². The van der Waals surface area contributed by atoms with Gasteiger partial charge in [-0.3, -0.25) is 0 Å². The number of aryl methyl sites for hydroxylation is 1. The van der Waals surface area contributed by atoms with Crippen LogP contribution in [0.5, 0.6) is 0 Å². The third-order valence-electron chi connectivity index (χ3n) is 4.56. The summed E-state index contributed by atoms with van der Waals surface area (Å²) in [5.74, 6) is -0.941. The van der Waals surface area contributed by atoms with E-state index in [1.54, 1.807) is 6.07 Å². The summed E-state index contributed by atoms with van der Waals surface area (Å²) >= 11 is 4.99. The van der Waals surface area contributed by atoms with Crippen molar-refractivity contribution < 1.29 is 9.90 Å². The van der Waals surface area contributed by atoms with Crippen molar-refractivity contribution >= 4 is 33.2 Å². The summed E-state index contributed by atoms with van der Waals surface area (Å²) in [7, 11) is 0. The van der Waals surface area contributed by atoms with Crippen LogP contribution in [0, 0.1) is 6.92 Å². The zero-order valence-electron chi connectivity index (χ0n) is 15.0. The minimum Gasteiger partial charge on any atom is -0.478 e. The molecule has 0 aliphatic rings. The van der Waals surface area contributed by atoms with E-state index in [0.29, 0.717) is 0 Å².